The number of carbonyl (C=O) groups excluding carboxylic acids is 2. The molecule has 4 rings (SSSR count). The molecular formula is C22H22O7S3. The molecule has 7 nitrogen and oxygen atoms in total. The first-order valence-corrected chi connectivity index (χ1v) is 13.1. The van der Waals surface area contributed by atoms with Crippen LogP contribution in [-0.2, 0) is 29.7 Å². The van der Waals surface area contributed by atoms with E-state index in [1.165, 1.54) is 23.5 Å². The molecule has 2 aliphatic rings. The summed E-state index contributed by atoms with van der Waals surface area (Å²) >= 11 is 2.64. The van der Waals surface area contributed by atoms with Gasteiger partial charge < -0.3 is 18.9 Å². The van der Waals surface area contributed by atoms with Gasteiger partial charge in [0.2, 0.25) is 8.53 Å². The number of carbonyl (C=O) groups is 2. The number of benzene rings is 2. The SMILES string of the molecule is O=C(OC[C@@]1(S(=O)[C@]2(COC(=O)c3ccccc3)OCCS2)OCCS1)c1ccccc1. The van der Waals surface area contributed by atoms with E-state index >= 15 is 0 Å². The summed E-state index contributed by atoms with van der Waals surface area (Å²) in [5.74, 6) is 0.142. The predicted octanol–water partition coefficient (Wildman–Crippen LogP) is 3.28. The maximum Gasteiger partial charge on any atom is 0.338 e. The Morgan fingerprint density at radius 2 is 1.19 bits per heavy atom. The Morgan fingerprint density at radius 1 is 0.781 bits per heavy atom. The number of hydrogen-bond acceptors (Lipinski definition) is 9. The molecular weight excluding hydrogens is 472 g/mol. The zero-order valence-electron chi connectivity index (χ0n) is 17.1. The van der Waals surface area contributed by atoms with Gasteiger partial charge >= 0.3 is 11.9 Å². The van der Waals surface area contributed by atoms with Crippen LogP contribution < -0.4 is 0 Å². The van der Waals surface area contributed by atoms with E-state index in [9.17, 15) is 13.8 Å². The van der Waals surface area contributed by atoms with Crippen molar-refractivity contribution in [3.63, 3.8) is 0 Å². The minimum atomic E-state index is -1.81. The van der Waals surface area contributed by atoms with Gasteiger partial charge in [-0.3, -0.25) is 4.21 Å². The zero-order valence-corrected chi connectivity index (χ0v) is 19.5. The highest BCUT2D eigenvalue weighted by Gasteiger charge is 2.57. The number of esters is 2. The summed E-state index contributed by atoms with van der Waals surface area (Å²) in [6, 6.07) is 17.2. The molecule has 0 aliphatic carbocycles. The number of thioether (sulfide) groups is 2. The Balaban J connectivity index is 1.48. The molecule has 10 heteroatoms. The van der Waals surface area contributed by atoms with Crippen molar-refractivity contribution in [1.29, 1.82) is 0 Å². The molecule has 2 atom stereocenters. The molecule has 2 aliphatic heterocycles. The van der Waals surface area contributed by atoms with Gasteiger partial charge in [-0.1, -0.05) is 36.4 Å². The minimum Gasteiger partial charge on any atom is -0.457 e. The lowest BCUT2D eigenvalue weighted by Crippen LogP contribution is -2.49. The van der Waals surface area contributed by atoms with Gasteiger partial charge in [0.05, 0.1) is 24.3 Å². The van der Waals surface area contributed by atoms with Crippen LogP contribution in [0, 0.1) is 0 Å². The van der Waals surface area contributed by atoms with Crippen LogP contribution in [-0.4, -0.2) is 62.6 Å². The van der Waals surface area contributed by atoms with Gasteiger partial charge in [0.15, 0.2) is 0 Å². The lowest BCUT2D eigenvalue weighted by molar-refractivity contribution is 0.00768. The van der Waals surface area contributed by atoms with Crippen molar-refractivity contribution in [2.75, 3.05) is 37.9 Å². The lowest BCUT2D eigenvalue weighted by atomic mass is 10.2. The van der Waals surface area contributed by atoms with Crippen molar-refractivity contribution in [1.82, 2.24) is 0 Å². The van der Waals surface area contributed by atoms with Crippen molar-refractivity contribution >= 4 is 46.3 Å². The number of ether oxygens (including phenoxy) is 4. The highest BCUT2D eigenvalue weighted by molar-refractivity contribution is 8.19. The molecule has 0 radical (unpaired) electrons. The standard InChI is InChI=1S/C22H22O7S3/c23-19(17-7-3-1-4-8-17)26-15-21(28-11-13-30-21)32(25)22(29-12-14-31-22)16-27-20(24)18-9-5-2-6-10-18/h1-10H,11-16H2/t21-,22-/m1/s1. The largest absolute Gasteiger partial charge is 0.457 e. The summed E-state index contributed by atoms with van der Waals surface area (Å²) in [6.45, 7) is 0.306. The van der Waals surface area contributed by atoms with E-state index in [0.29, 0.717) is 35.8 Å². The molecule has 0 unspecified atom stereocenters. The topological polar surface area (TPSA) is 88.1 Å². The summed E-state index contributed by atoms with van der Waals surface area (Å²) in [4.78, 5) is 24.9. The molecule has 0 saturated carbocycles. The van der Waals surface area contributed by atoms with Crippen molar-refractivity contribution in [3.05, 3.63) is 71.8 Å². The quantitative estimate of drug-likeness (QED) is 0.513. The van der Waals surface area contributed by atoms with E-state index in [1.807, 2.05) is 0 Å². The average Bonchev–Trinajstić information content (AvgIpc) is 3.53. The molecule has 2 saturated heterocycles. The minimum absolute atomic E-state index is 0.212. The predicted molar refractivity (Wildman–Crippen MR) is 124 cm³/mol. The zero-order chi connectivity index (χ0) is 22.4. The van der Waals surface area contributed by atoms with E-state index in [1.54, 1.807) is 60.7 Å². The van der Waals surface area contributed by atoms with E-state index in [2.05, 4.69) is 0 Å². The first kappa shape index (κ1) is 23.3. The van der Waals surface area contributed by atoms with Crippen molar-refractivity contribution < 1.29 is 32.7 Å². The van der Waals surface area contributed by atoms with Crippen LogP contribution in [0.1, 0.15) is 20.7 Å². The maximum absolute atomic E-state index is 13.8. The molecule has 0 amide bonds. The molecule has 0 bridgehead atoms. The molecule has 0 N–H and O–H groups in total. The molecule has 0 spiro atoms. The van der Waals surface area contributed by atoms with Gasteiger partial charge in [-0.25, -0.2) is 9.59 Å². The van der Waals surface area contributed by atoms with Crippen LogP contribution >= 0.6 is 23.5 Å². The van der Waals surface area contributed by atoms with E-state index in [0.717, 1.165) is 0 Å². The highest BCUT2D eigenvalue weighted by atomic mass is 32.3. The third kappa shape index (κ3) is 5.04. The third-order valence-electron chi connectivity index (χ3n) is 4.80. The Bertz CT molecular complexity index is 879. The average molecular weight is 495 g/mol. The van der Waals surface area contributed by atoms with Gasteiger partial charge in [0, 0.05) is 11.5 Å². The Morgan fingerprint density at radius 3 is 1.53 bits per heavy atom. The van der Waals surface area contributed by atoms with Crippen molar-refractivity contribution in [2.24, 2.45) is 0 Å². The third-order valence-corrected chi connectivity index (χ3v) is 10.1. The lowest BCUT2D eigenvalue weighted by Gasteiger charge is -2.35. The maximum atomic E-state index is 13.8. The summed E-state index contributed by atoms with van der Waals surface area (Å²) in [5, 5.41) is 0. The second-order valence-corrected chi connectivity index (χ2v) is 12.0. The van der Waals surface area contributed by atoms with E-state index in [-0.39, 0.29) is 13.2 Å². The van der Waals surface area contributed by atoms with Crippen LogP contribution in [0.15, 0.2) is 60.7 Å². The summed E-state index contributed by atoms with van der Waals surface area (Å²) in [7, 11) is -1.81. The van der Waals surface area contributed by atoms with E-state index < -0.39 is 31.3 Å². The van der Waals surface area contributed by atoms with E-state index in [4.69, 9.17) is 18.9 Å². The van der Waals surface area contributed by atoms with Crippen LogP contribution in [0.3, 0.4) is 0 Å². The molecule has 2 fully saturated rings. The van der Waals surface area contributed by atoms with Gasteiger partial charge in [-0.05, 0) is 24.3 Å². The van der Waals surface area contributed by atoms with Gasteiger partial charge in [0.1, 0.15) is 24.0 Å². The molecule has 2 heterocycles. The summed E-state index contributed by atoms with van der Waals surface area (Å²) in [5.41, 5.74) is 0.795. The van der Waals surface area contributed by atoms with Crippen LogP contribution in [0.4, 0.5) is 0 Å². The first-order chi connectivity index (χ1) is 15.5. The van der Waals surface area contributed by atoms with Crippen molar-refractivity contribution in [2.45, 2.75) is 8.53 Å². The summed E-state index contributed by atoms with van der Waals surface area (Å²) < 4.78 is 33.9. The smallest absolute Gasteiger partial charge is 0.338 e. The Labute approximate surface area is 197 Å². The summed E-state index contributed by atoms with van der Waals surface area (Å²) in [6.07, 6.45) is 0. The second kappa shape index (κ2) is 10.4. The Hall–Kier alpha value is -1.85. The fourth-order valence-electron chi connectivity index (χ4n) is 3.22. The van der Waals surface area contributed by atoms with Gasteiger partial charge in [0.25, 0.3) is 0 Å². The molecule has 32 heavy (non-hydrogen) atoms. The second-order valence-electron chi connectivity index (χ2n) is 6.91. The Kier molecular flexibility index (Phi) is 7.57. The number of rotatable bonds is 8. The molecule has 170 valence electrons. The van der Waals surface area contributed by atoms with Gasteiger partial charge in [-0.2, -0.15) is 0 Å². The van der Waals surface area contributed by atoms with Crippen molar-refractivity contribution in [3.8, 4) is 0 Å². The van der Waals surface area contributed by atoms with Crippen LogP contribution in [0.2, 0.25) is 0 Å². The fraction of sp³-hybridized carbons (Fsp3) is 0.364. The highest BCUT2D eigenvalue weighted by Crippen LogP contribution is 2.47. The first-order valence-electron chi connectivity index (χ1n) is 9.97. The molecule has 0 aromatic heterocycles. The molecule has 2 aromatic rings. The monoisotopic (exact) mass is 494 g/mol. The fourth-order valence-corrected chi connectivity index (χ4v) is 8.30. The number of hydrogen-bond donors (Lipinski definition) is 0. The van der Waals surface area contributed by atoms with Gasteiger partial charge in [-0.15, -0.1) is 23.5 Å². The van der Waals surface area contributed by atoms with Crippen LogP contribution in [0.25, 0.3) is 0 Å². The normalized spacial score (nSPS) is 25.0. The van der Waals surface area contributed by atoms with Crippen LogP contribution in [0.5, 0.6) is 0 Å². The molecule has 2 aromatic carbocycles.